The molecule has 0 aliphatic carbocycles. The van der Waals surface area contributed by atoms with E-state index in [1.165, 1.54) is 0 Å². The molecule has 3 N–H and O–H groups in total. The van der Waals surface area contributed by atoms with Gasteiger partial charge in [-0.1, -0.05) is 36.4 Å². The van der Waals surface area contributed by atoms with Crippen LogP contribution in [0.3, 0.4) is 0 Å². The molecule has 0 spiro atoms. The van der Waals surface area contributed by atoms with Gasteiger partial charge in [-0.2, -0.15) is 0 Å². The zero-order valence-corrected chi connectivity index (χ0v) is 15.3. The number of aromatic nitrogens is 1. The molecule has 1 amide bonds. The Morgan fingerprint density at radius 2 is 2.04 bits per heavy atom. The van der Waals surface area contributed by atoms with Gasteiger partial charge in [0.1, 0.15) is 18.4 Å². The van der Waals surface area contributed by atoms with Crippen molar-refractivity contribution in [2.24, 2.45) is 0 Å². The highest BCUT2D eigenvalue weighted by atomic mass is 16.5. The number of hydrogen-bond donors (Lipinski definition) is 3. The van der Waals surface area contributed by atoms with E-state index in [1.807, 2.05) is 54.6 Å². The molecular weight excluding hydrogens is 356 g/mol. The summed E-state index contributed by atoms with van der Waals surface area (Å²) >= 11 is 0. The number of benzene rings is 1. The number of furan rings is 1. The summed E-state index contributed by atoms with van der Waals surface area (Å²) in [5, 5.41) is 2.95. The largest absolute Gasteiger partial charge is 0.473 e. The predicted molar refractivity (Wildman–Crippen MR) is 103 cm³/mol. The zero-order chi connectivity index (χ0) is 19.2. The van der Waals surface area contributed by atoms with Gasteiger partial charge >= 0.3 is 0 Å². The van der Waals surface area contributed by atoms with Crippen LogP contribution in [0.5, 0.6) is 5.88 Å². The van der Waals surface area contributed by atoms with Crippen LogP contribution in [0.15, 0.2) is 71.5 Å². The van der Waals surface area contributed by atoms with Gasteiger partial charge in [0, 0.05) is 18.3 Å². The third-order valence-electron chi connectivity index (χ3n) is 4.63. The fraction of sp³-hybridized carbons (Fsp3) is 0.238. The first-order chi connectivity index (χ1) is 13.8. The van der Waals surface area contributed by atoms with Gasteiger partial charge in [-0.15, -0.1) is 0 Å². The van der Waals surface area contributed by atoms with Crippen LogP contribution in [0.1, 0.15) is 29.3 Å². The molecule has 2 atom stereocenters. The lowest BCUT2D eigenvalue weighted by atomic mass is 10.1. The number of carbonyl (C=O) groups excluding carboxylic acids is 1. The lowest BCUT2D eigenvalue weighted by molar-refractivity contribution is -0.123. The number of ether oxygens (including phenoxy) is 1. The average Bonchev–Trinajstić information content (AvgIpc) is 3.43. The Hall–Kier alpha value is -3.16. The highest BCUT2D eigenvalue weighted by molar-refractivity contribution is 5.82. The van der Waals surface area contributed by atoms with E-state index in [0.29, 0.717) is 25.5 Å². The number of pyridine rings is 1. The monoisotopic (exact) mass is 378 g/mol. The Bertz CT molecular complexity index is 899. The van der Waals surface area contributed by atoms with Crippen LogP contribution in [0, 0.1) is 0 Å². The first-order valence-electron chi connectivity index (χ1n) is 9.22. The molecule has 0 bridgehead atoms. The molecule has 0 radical (unpaired) electrons. The van der Waals surface area contributed by atoms with Crippen molar-refractivity contribution in [2.45, 2.75) is 31.7 Å². The Morgan fingerprint density at radius 1 is 1.14 bits per heavy atom. The van der Waals surface area contributed by atoms with E-state index in [0.717, 1.165) is 16.9 Å². The Kier molecular flexibility index (Phi) is 5.65. The minimum atomic E-state index is -0.333. The van der Waals surface area contributed by atoms with Crippen molar-refractivity contribution in [1.29, 1.82) is 0 Å². The molecule has 28 heavy (non-hydrogen) atoms. The van der Waals surface area contributed by atoms with Crippen LogP contribution in [0.25, 0.3) is 0 Å². The van der Waals surface area contributed by atoms with Crippen molar-refractivity contribution in [3.63, 3.8) is 0 Å². The maximum atomic E-state index is 12.5. The number of amides is 1. The minimum absolute atomic E-state index is 0.0195. The van der Waals surface area contributed by atoms with E-state index < -0.39 is 0 Å². The van der Waals surface area contributed by atoms with Gasteiger partial charge in [0.15, 0.2) is 0 Å². The smallest absolute Gasteiger partial charge is 0.238 e. The molecule has 2 aromatic heterocycles. The highest BCUT2D eigenvalue weighted by Crippen LogP contribution is 2.22. The van der Waals surface area contributed by atoms with E-state index in [-0.39, 0.29) is 18.0 Å². The third kappa shape index (κ3) is 4.39. The van der Waals surface area contributed by atoms with Gasteiger partial charge in [-0.3, -0.25) is 4.79 Å². The first kappa shape index (κ1) is 18.2. The second-order valence-corrected chi connectivity index (χ2v) is 6.60. The molecule has 7 nitrogen and oxygen atoms in total. The molecule has 144 valence electrons. The maximum absolute atomic E-state index is 12.5. The SMILES string of the molecule is O=C(NCc1cccnc1OCc1ccccc1)C1CC(c2ccco2)NN1. The number of nitrogens with zero attached hydrogens (tertiary/aromatic N) is 1. The summed E-state index contributed by atoms with van der Waals surface area (Å²) in [7, 11) is 0. The number of rotatable bonds is 7. The molecule has 2 unspecified atom stereocenters. The zero-order valence-electron chi connectivity index (χ0n) is 15.3. The minimum Gasteiger partial charge on any atom is -0.473 e. The van der Waals surface area contributed by atoms with Gasteiger partial charge in [-0.05, 0) is 30.2 Å². The molecule has 3 aromatic rings. The van der Waals surface area contributed by atoms with E-state index >= 15 is 0 Å². The highest BCUT2D eigenvalue weighted by Gasteiger charge is 2.31. The van der Waals surface area contributed by atoms with Crippen molar-refractivity contribution in [2.75, 3.05) is 0 Å². The number of nitrogens with one attached hydrogen (secondary N) is 3. The van der Waals surface area contributed by atoms with Crippen LogP contribution >= 0.6 is 0 Å². The van der Waals surface area contributed by atoms with Gasteiger partial charge in [0.2, 0.25) is 11.8 Å². The number of carbonyl (C=O) groups is 1. The Morgan fingerprint density at radius 3 is 2.86 bits per heavy atom. The molecule has 7 heteroatoms. The molecule has 1 aliphatic heterocycles. The number of hydrogen-bond acceptors (Lipinski definition) is 6. The molecule has 4 rings (SSSR count). The quantitative estimate of drug-likeness (QED) is 0.585. The van der Waals surface area contributed by atoms with Crippen molar-refractivity contribution in [1.82, 2.24) is 21.2 Å². The molecule has 0 saturated carbocycles. The van der Waals surface area contributed by atoms with Crippen LogP contribution in [-0.2, 0) is 17.9 Å². The predicted octanol–water partition coefficient (Wildman–Crippen LogP) is 2.48. The van der Waals surface area contributed by atoms with E-state index in [2.05, 4.69) is 21.2 Å². The molecule has 1 aliphatic rings. The van der Waals surface area contributed by atoms with Gasteiger partial charge in [0.05, 0.1) is 12.3 Å². The molecule has 3 heterocycles. The summed E-state index contributed by atoms with van der Waals surface area (Å²) in [5.74, 6) is 1.25. The summed E-state index contributed by atoms with van der Waals surface area (Å²) in [6.45, 7) is 0.776. The lowest BCUT2D eigenvalue weighted by Gasteiger charge is -2.13. The van der Waals surface area contributed by atoms with Gasteiger partial charge < -0.3 is 14.5 Å². The fourth-order valence-corrected chi connectivity index (χ4v) is 3.12. The summed E-state index contributed by atoms with van der Waals surface area (Å²) in [6, 6.07) is 17.0. The lowest BCUT2D eigenvalue weighted by Crippen LogP contribution is -2.42. The van der Waals surface area contributed by atoms with Crippen LogP contribution in [0.2, 0.25) is 0 Å². The number of hydrazine groups is 1. The molecule has 1 saturated heterocycles. The second-order valence-electron chi connectivity index (χ2n) is 6.60. The summed E-state index contributed by atoms with van der Waals surface area (Å²) in [5.41, 5.74) is 8.02. The second kappa shape index (κ2) is 8.69. The van der Waals surface area contributed by atoms with Crippen LogP contribution < -0.4 is 20.9 Å². The van der Waals surface area contributed by atoms with Gasteiger partial charge in [-0.25, -0.2) is 15.8 Å². The van der Waals surface area contributed by atoms with E-state index in [4.69, 9.17) is 9.15 Å². The summed E-state index contributed by atoms with van der Waals surface area (Å²) in [6.07, 6.45) is 3.93. The van der Waals surface area contributed by atoms with Gasteiger partial charge in [0.25, 0.3) is 0 Å². The van der Waals surface area contributed by atoms with E-state index in [9.17, 15) is 4.79 Å². The van der Waals surface area contributed by atoms with E-state index in [1.54, 1.807) is 12.5 Å². The van der Waals surface area contributed by atoms with Crippen molar-refractivity contribution < 1.29 is 13.9 Å². The fourth-order valence-electron chi connectivity index (χ4n) is 3.12. The van der Waals surface area contributed by atoms with Crippen molar-refractivity contribution in [3.8, 4) is 5.88 Å². The maximum Gasteiger partial charge on any atom is 0.238 e. The topological polar surface area (TPSA) is 88.4 Å². The average molecular weight is 378 g/mol. The van der Waals surface area contributed by atoms with Crippen molar-refractivity contribution >= 4 is 5.91 Å². The Labute approximate surface area is 163 Å². The van der Waals surface area contributed by atoms with Crippen molar-refractivity contribution in [3.05, 3.63) is 83.9 Å². The molecule has 1 fully saturated rings. The normalized spacial score (nSPS) is 18.7. The summed E-state index contributed by atoms with van der Waals surface area (Å²) < 4.78 is 11.2. The molecule has 1 aromatic carbocycles. The third-order valence-corrected chi connectivity index (χ3v) is 4.63. The van der Waals surface area contributed by atoms with Crippen LogP contribution in [-0.4, -0.2) is 16.9 Å². The Balaban J connectivity index is 1.31. The standard InChI is InChI=1S/C21H22N4O3/c26-20(18-12-17(24-25-18)19-9-5-11-27-19)23-13-16-8-4-10-22-21(16)28-14-15-6-2-1-3-7-15/h1-11,17-18,24-25H,12-14H2,(H,23,26). The van der Waals surface area contributed by atoms with Crippen LogP contribution in [0.4, 0.5) is 0 Å². The summed E-state index contributed by atoms with van der Waals surface area (Å²) in [4.78, 5) is 16.8. The first-order valence-corrected chi connectivity index (χ1v) is 9.22. The molecular formula is C21H22N4O3.